The van der Waals surface area contributed by atoms with Gasteiger partial charge in [-0.15, -0.1) is 0 Å². The summed E-state index contributed by atoms with van der Waals surface area (Å²) in [4.78, 5) is 13.1. The Morgan fingerprint density at radius 2 is 1.63 bits per heavy atom. The molecule has 1 aliphatic carbocycles. The zero-order chi connectivity index (χ0) is 25.0. The van der Waals surface area contributed by atoms with Crippen LogP contribution in [0.2, 0.25) is 0 Å². The third-order valence-corrected chi connectivity index (χ3v) is 8.50. The lowest BCUT2D eigenvalue weighted by molar-refractivity contribution is 0.0935. The van der Waals surface area contributed by atoms with Crippen LogP contribution in [0.5, 0.6) is 5.75 Å². The van der Waals surface area contributed by atoms with E-state index in [0.717, 1.165) is 24.8 Å². The number of carbonyl (C=O) groups excluding carboxylic acids is 1. The van der Waals surface area contributed by atoms with E-state index in [1.807, 2.05) is 0 Å². The second-order valence-electron chi connectivity index (χ2n) is 8.86. The normalized spacial score (nSPS) is 14.0. The first-order chi connectivity index (χ1) is 16.8. The second-order valence-corrected chi connectivity index (χ2v) is 10.8. The molecule has 0 heterocycles. The smallest absolute Gasteiger partial charge is 0.264 e. The fraction of sp³-hybridized carbons (Fsp3) is 0.321. The number of fused-ring (bicyclic) bond motifs is 1. The average molecular weight is 493 g/mol. The minimum Gasteiger partial charge on any atom is -0.497 e. The van der Waals surface area contributed by atoms with Crippen molar-refractivity contribution in [1.82, 2.24) is 5.32 Å². The van der Waals surface area contributed by atoms with Crippen LogP contribution in [0.4, 0.5) is 5.69 Å². The number of hydrogen-bond acceptors (Lipinski definition) is 4. The molecule has 1 N–H and O–H groups in total. The van der Waals surface area contributed by atoms with Crippen LogP contribution in [0.3, 0.4) is 0 Å². The highest BCUT2D eigenvalue weighted by Crippen LogP contribution is 2.27. The van der Waals surface area contributed by atoms with Gasteiger partial charge in [-0.3, -0.25) is 9.10 Å². The van der Waals surface area contributed by atoms with Crippen molar-refractivity contribution in [3.05, 3.63) is 89.0 Å². The van der Waals surface area contributed by atoms with Crippen LogP contribution < -0.4 is 14.4 Å². The summed E-state index contributed by atoms with van der Waals surface area (Å²) in [5, 5.41) is 3.14. The van der Waals surface area contributed by atoms with Crippen molar-refractivity contribution >= 4 is 21.6 Å². The van der Waals surface area contributed by atoms with E-state index in [1.165, 1.54) is 54.6 Å². The van der Waals surface area contributed by atoms with E-state index in [4.69, 9.17) is 4.74 Å². The number of benzene rings is 3. The molecule has 3 aromatic rings. The van der Waals surface area contributed by atoms with Gasteiger partial charge in [-0.25, -0.2) is 8.42 Å². The number of anilines is 1. The van der Waals surface area contributed by atoms with Crippen LogP contribution in [0, 0.1) is 0 Å². The number of ether oxygens (including phenoxy) is 1. The fourth-order valence-electron chi connectivity index (χ4n) is 4.50. The number of nitrogens with zero attached hydrogens (tertiary/aromatic N) is 1. The fourth-order valence-corrected chi connectivity index (χ4v) is 5.70. The largest absolute Gasteiger partial charge is 0.497 e. The van der Waals surface area contributed by atoms with E-state index in [2.05, 4.69) is 30.4 Å². The molecule has 0 saturated heterocycles. The van der Waals surface area contributed by atoms with Gasteiger partial charge in [0.1, 0.15) is 5.75 Å². The zero-order valence-electron chi connectivity index (χ0n) is 20.5. The summed E-state index contributed by atoms with van der Waals surface area (Å²) in [5.41, 5.74) is 4.90. The van der Waals surface area contributed by atoms with E-state index in [0.29, 0.717) is 17.0 Å². The first-order valence-corrected chi connectivity index (χ1v) is 13.4. The lowest BCUT2D eigenvalue weighted by Gasteiger charge is -2.22. The van der Waals surface area contributed by atoms with Crippen molar-refractivity contribution in [2.24, 2.45) is 0 Å². The molecule has 0 aromatic heterocycles. The molecular formula is C28H32N2O4S. The molecule has 1 aliphatic rings. The van der Waals surface area contributed by atoms with Crippen molar-refractivity contribution in [3.63, 3.8) is 0 Å². The van der Waals surface area contributed by atoms with Crippen LogP contribution in [-0.4, -0.2) is 28.5 Å². The first-order valence-electron chi connectivity index (χ1n) is 12.0. The van der Waals surface area contributed by atoms with Gasteiger partial charge in [0.25, 0.3) is 15.9 Å². The number of methoxy groups -OCH3 is 1. The van der Waals surface area contributed by atoms with E-state index >= 15 is 0 Å². The molecule has 0 radical (unpaired) electrons. The minimum atomic E-state index is -3.74. The Hall–Kier alpha value is -3.32. The van der Waals surface area contributed by atoms with Gasteiger partial charge >= 0.3 is 0 Å². The lowest BCUT2D eigenvalue weighted by atomic mass is 9.88. The minimum absolute atomic E-state index is 0.0764. The topological polar surface area (TPSA) is 75.7 Å². The van der Waals surface area contributed by atoms with Crippen LogP contribution >= 0.6 is 0 Å². The third-order valence-electron chi connectivity index (χ3n) is 6.70. The first kappa shape index (κ1) is 24.8. The van der Waals surface area contributed by atoms with Gasteiger partial charge in [0.15, 0.2) is 0 Å². The number of aryl methyl sites for hydroxylation is 2. The molecule has 7 heteroatoms. The van der Waals surface area contributed by atoms with Crippen molar-refractivity contribution in [2.75, 3.05) is 18.5 Å². The summed E-state index contributed by atoms with van der Waals surface area (Å²) >= 11 is 0. The molecule has 4 rings (SSSR count). The van der Waals surface area contributed by atoms with Gasteiger partial charge in [0.05, 0.1) is 23.7 Å². The second kappa shape index (κ2) is 10.5. The molecule has 35 heavy (non-hydrogen) atoms. The Morgan fingerprint density at radius 3 is 2.26 bits per heavy atom. The highest BCUT2D eigenvalue weighted by atomic mass is 32.2. The van der Waals surface area contributed by atoms with Gasteiger partial charge in [0.2, 0.25) is 0 Å². The van der Waals surface area contributed by atoms with E-state index in [1.54, 1.807) is 36.4 Å². The maximum Gasteiger partial charge on any atom is 0.264 e. The van der Waals surface area contributed by atoms with Crippen LogP contribution in [0.25, 0.3) is 0 Å². The SMILES string of the molecule is CC[C@H](NC(=O)c1ccc(N(C)S(=O)(=O)c2ccc(OC)cc2)cc1)c1ccc2c(c1)CCCC2. The Bertz CT molecular complexity index is 1290. The summed E-state index contributed by atoms with van der Waals surface area (Å²) in [7, 11) is -0.711. The number of sulfonamides is 1. The number of nitrogens with one attached hydrogen (secondary N) is 1. The molecule has 0 saturated carbocycles. The number of carbonyl (C=O) groups is 1. The van der Waals surface area contributed by atoms with E-state index in [-0.39, 0.29) is 16.8 Å². The predicted molar refractivity (Wildman–Crippen MR) is 139 cm³/mol. The standard InChI is InChI=1S/C28H32N2O4S/c1-4-27(23-10-9-20-7-5-6-8-22(20)19-23)29-28(31)21-11-13-24(14-12-21)30(2)35(32,33)26-17-15-25(34-3)16-18-26/h9-19,27H,4-8H2,1-3H3,(H,29,31)/t27-/m0/s1. The molecule has 6 nitrogen and oxygen atoms in total. The van der Waals surface area contributed by atoms with E-state index < -0.39 is 10.0 Å². The summed E-state index contributed by atoms with van der Waals surface area (Å²) in [5.74, 6) is 0.407. The number of rotatable bonds is 8. The van der Waals surface area contributed by atoms with Crippen LogP contribution in [0.1, 0.15) is 59.3 Å². The van der Waals surface area contributed by atoms with E-state index in [9.17, 15) is 13.2 Å². The quantitative estimate of drug-likeness (QED) is 0.464. The molecule has 1 amide bonds. The van der Waals surface area contributed by atoms with Gasteiger partial charge in [-0.05, 0) is 97.3 Å². The molecule has 3 aromatic carbocycles. The Balaban J connectivity index is 1.47. The highest BCUT2D eigenvalue weighted by Gasteiger charge is 2.22. The molecule has 0 spiro atoms. The summed E-state index contributed by atoms with van der Waals surface area (Å²) in [6.45, 7) is 2.06. The molecule has 0 fully saturated rings. The Morgan fingerprint density at radius 1 is 0.971 bits per heavy atom. The molecular weight excluding hydrogens is 460 g/mol. The monoisotopic (exact) mass is 492 g/mol. The maximum absolute atomic E-state index is 13.0. The van der Waals surface area contributed by atoms with Gasteiger partial charge in [-0.2, -0.15) is 0 Å². The highest BCUT2D eigenvalue weighted by molar-refractivity contribution is 7.92. The van der Waals surface area contributed by atoms with Crippen molar-refractivity contribution in [1.29, 1.82) is 0 Å². The van der Waals surface area contributed by atoms with Crippen molar-refractivity contribution in [2.45, 2.75) is 50.0 Å². The van der Waals surface area contributed by atoms with Crippen LogP contribution in [-0.2, 0) is 22.9 Å². The summed E-state index contributed by atoms with van der Waals surface area (Å²) < 4.78 is 32.3. The third kappa shape index (κ3) is 5.35. The lowest BCUT2D eigenvalue weighted by Crippen LogP contribution is -2.29. The Kier molecular flexibility index (Phi) is 7.45. The van der Waals surface area contributed by atoms with Gasteiger partial charge < -0.3 is 10.1 Å². The van der Waals surface area contributed by atoms with Gasteiger partial charge in [-0.1, -0.05) is 25.1 Å². The van der Waals surface area contributed by atoms with Gasteiger partial charge in [0, 0.05) is 12.6 Å². The molecule has 0 unspecified atom stereocenters. The number of hydrogen-bond donors (Lipinski definition) is 1. The van der Waals surface area contributed by atoms with Crippen molar-refractivity contribution < 1.29 is 17.9 Å². The summed E-state index contributed by atoms with van der Waals surface area (Å²) in [6.07, 6.45) is 5.47. The molecule has 184 valence electrons. The average Bonchev–Trinajstić information content (AvgIpc) is 2.91. The summed E-state index contributed by atoms with van der Waals surface area (Å²) in [6, 6.07) is 19.4. The predicted octanol–water partition coefficient (Wildman–Crippen LogP) is 5.28. The zero-order valence-corrected chi connectivity index (χ0v) is 21.3. The molecule has 0 bridgehead atoms. The van der Waals surface area contributed by atoms with Crippen LogP contribution in [0.15, 0.2) is 71.6 Å². The Labute approximate surface area is 208 Å². The number of amides is 1. The maximum atomic E-state index is 13.0. The molecule has 1 atom stereocenters. The van der Waals surface area contributed by atoms with Crippen molar-refractivity contribution in [3.8, 4) is 5.75 Å². The molecule has 0 aliphatic heterocycles.